The van der Waals surface area contributed by atoms with E-state index in [0.29, 0.717) is 6.04 Å². The second-order valence-corrected chi connectivity index (χ2v) is 6.43. The van der Waals surface area contributed by atoms with Crippen molar-refractivity contribution in [1.82, 2.24) is 10.2 Å². The van der Waals surface area contributed by atoms with Gasteiger partial charge in [0.15, 0.2) is 0 Å². The van der Waals surface area contributed by atoms with Gasteiger partial charge in [-0.1, -0.05) is 35.0 Å². The SMILES string of the molecule is CCNCC1CCN(C(C)c2cccc(Br)c2)CC1.Cl. The summed E-state index contributed by atoms with van der Waals surface area (Å²) in [5.74, 6) is 0.867. The van der Waals surface area contributed by atoms with E-state index >= 15 is 0 Å². The summed E-state index contributed by atoms with van der Waals surface area (Å²) in [6.45, 7) is 9.24. The average molecular weight is 362 g/mol. The van der Waals surface area contributed by atoms with Crippen LogP contribution in [0, 0.1) is 5.92 Å². The van der Waals surface area contributed by atoms with E-state index in [1.165, 1.54) is 42.5 Å². The van der Waals surface area contributed by atoms with Crippen molar-refractivity contribution in [3.8, 4) is 0 Å². The number of halogens is 2. The molecule has 20 heavy (non-hydrogen) atoms. The van der Waals surface area contributed by atoms with Gasteiger partial charge in [-0.2, -0.15) is 0 Å². The molecule has 0 radical (unpaired) electrons. The Bertz CT molecular complexity index is 392. The van der Waals surface area contributed by atoms with Crippen LogP contribution in [0.4, 0.5) is 0 Å². The van der Waals surface area contributed by atoms with Crippen LogP contribution in [0.3, 0.4) is 0 Å². The van der Waals surface area contributed by atoms with E-state index in [1.54, 1.807) is 0 Å². The first kappa shape index (κ1) is 18.0. The number of benzene rings is 1. The molecule has 0 spiro atoms. The average Bonchev–Trinajstić information content (AvgIpc) is 2.45. The molecular formula is C16H26BrClN2. The maximum absolute atomic E-state index is 3.57. The van der Waals surface area contributed by atoms with Crippen molar-refractivity contribution in [2.45, 2.75) is 32.7 Å². The number of hydrogen-bond acceptors (Lipinski definition) is 2. The first-order chi connectivity index (χ1) is 9.20. The highest BCUT2D eigenvalue weighted by atomic mass is 79.9. The second kappa shape index (κ2) is 9.04. The number of hydrogen-bond donors (Lipinski definition) is 1. The van der Waals surface area contributed by atoms with E-state index < -0.39 is 0 Å². The lowest BCUT2D eigenvalue weighted by molar-refractivity contribution is 0.140. The summed E-state index contributed by atoms with van der Waals surface area (Å²) in [6.07, 6.45) is 2.65. The molecule has 2 rings (SSSR count). The number of nitrogens with one attached hydrogen (secondary N) is 1. The number of nitrogens with zero attached hydrogens (tertiary/aromatic N) is 1. The fourth-order valence-corrected chi connectivity index (χ4v) is 3.29. The lowest BCUT2D eigenvalue weighted by atomic mass is 9.94. The minimum absolute atomic E-state index is 0. The van der Waals surface area contributed by atoms with Gasteiger partial charge in [0, 0.05) is 10.5 Å². The van der Waals surface area contributed by atoms with Crippen LogP contribution >= 0.6 is 28.3 Å². The van der Waals surface area contributed by atoms with E-state index in [0.717, 1.165) is 12.5 Å². The monoisotopic (exact) mass is 360 g/mol. The van der Waals surface area contributed by atoms with Gasteiger partial charge in [0.25, 0.3) is 0 Å². The molecule has 1 N–H and O–H groups in total. The molecule has 1 aromatic carbocycles. The zero-order chi connectivity index (χ0) is 13.7. The van der Waals surface area contributed by atoms with E-state index in [1.807, 2.05) is 0 Å². The lowest BCUT2D eigenvalue weighted by Crippen LogP contribution is -2.38. The molecule has 114 valence electrons. The highest BCUT2D eigenvalue weighted by molar-refractivity contribution is 9.10. The highest BCUT2D eigenvalue weighted by Crippen LogP contribution is 2.27. The zero-order valence-corrected chi connectivity index (χ0v) is 14.8. The molecule has 1 saturated heterocycles. The van der Waals surface area contributed by atoms with Gasteiger partial charge in [0.2, 0.25) is 0 Å². The lowest BCUT2D eigenvalue weighted by Gasteiger charge is -2.36. The summed E-state index contributed by atoms with van der Waals surface area (Å²) in [4.78, 5) is 2.62. The summed E-state index contributed by atoms with van der Waals surface area (Å²) < 4.78 is 1.18. The number of likely N-dealkylation sites (tertiary alicyclic amines) is 1. The molecule has 1 unspecified atom stereocenters. The first-order valence-electron chi connectivity index (χ1n) is 7.41. The van der Waals surface area contributed by atoms with Gasteiger partial charge in [-0.15, -0.1) is 12.4 Å². The summed E-state index contributed by atoms with van der Waals surface area (Å²) in [7, 11) is 0. The van der Waals surface area contributed by atoms with Gasteiger partial charge < -0.3 is 5.32 Å². The van der Waals surface area contributed by atoms with Gasteiger partial charge >= 0.3 is 0 Å². The molecule has 0 aromatic heterocycles. The molecule has 4 heteroatoms. The molecule has 1 heterocycles. The molecular weight excluding hydrogens is 336 g/mol. The van der Waals surface area contributed by atoms with Gasteiger partial charge in [-0.05, 0) is 69.6 Å². The quantitative estimate of drug-likeness (QED) is 0.843. The highest BCUT2D eigenvalue weighted by Gasteiger charge is 2.23. The van der Waals surface area contributed by atoms with Crippen molar-refractivity contribution < 1.29 is 0 Å². The molecule has 0 amide bonds. The largest absolute Gasteiger partial charge is 0.317 e. The Morgan fingerprint density at radius 1 is 1.35 bits per heavy atom. The van der Waals surface area contributed by atoms with Crippen LogP contribution in [-0.4, -0.2) is 31.1 Å². The van der Waals surface area contributed by atoms with E-state index in [2.05, 4.69) is 64.3 Å². The fraction of sp³-hybridized carbons (Fsp3) is 0.625. The van der Waals surface area contributed by atoms with Crippen LogP contribution in [-0.2, 0) is 0 Å². The molecule has 1 fully saturated rings. The van der Waals surface area contributed by atoms with Gasteiger partial charge in [0.05, 0.1) is 0 Å². The Balaban J connectivity index is 0.00000200. The summed E-state index contributed by atoms with van der Waals surface area (Å²) in [6, 6.07) is 9.24. The minimum atomic E-state index is 0. The van der Waals surface area contributed by atoms with Crippen molar-refractivity contribution >= 4 is 28.3 Å². The van der Waals surface area contributed by atoms with Gasteiger partial charge in [0.1, 0.15) is 0 Å². The Labute approximate surface area is 137 Å². The molecule has 1 aliphatic rings. The van der Waals surface area contributed by atoms with Crippen LogP contribution in [0.25, 0.3) is 0 Å². The zero-order valence-electron chi connectivity index (χ0n) is 12.4. The standard InChI is InChI=1S/C16H25BrN2.ClH/c1-3-18-12-14-7-9-19(10-8-14)13(2)15-5-4-6-16(17)11-15;/h4-6,11,13-14,18H,3,7-10,12H2,1-2H3;1H. The van der Waals surface area contributed by atoms with Crippen LogP contribution in [0.5, 0.6) is 0 Å². The van der Waals surface area contributed by atoms with Gasteiger partial charge in [-0.3, -0.25) is 4.90 Å². The summed E-state index contributed by atoms with van der Waals surface area (Å²) in [5, 5.41) is 3.48. The van der Waals surface area contributed by atoms with E-state index in [4.69, 9.17) is 0 Å². The second-order valence-electron chi connectivity index (χ2n) is 5.52. The minimum Gasteiger partial charge on any atom is -0.317 e. The van der Waals surface area contributed by atoms with Crippen molar-refractivity contribution in [2.75, 3.05) is 26.2 Å². The van der Waals surface area contributed by atoms with Crippen LogP contribution < -0.4 is 5.32 Å². The Morgan fingerprint density at radius 3 is 2.65 bits per heavy atom. The molecule has 1 atom stereocenters. The van der Waals surface area contributed by atoms with E-state index in [9.17, 15) is 0 Å². The maximum Gasteiger partial charge on any atom is 0.0320 e. The predicted molar refractivity (Wildman–Crippen MR) is 92.6 cm³/mol. The van der Waals surface area contributed by atoms with Crippen molar-refractivity contribution in [1.29, 1.82) is 0 Å². The van der Waals surface area contributed by atoms with E-state index in [-0.39, 0.29) is 12.4 Å². The Hall–Kier alpha value is -0.0900. The molecule has 0 saturated carbocycles. The topological polar surface area (TPSA) is 15.3 Å². The maximum atomic E-state index is 3.57. The smallest absolute Gasteiger partial charge is 0.0320 e. The third-order valence-corrected chi connectivity index (χ3v) is 4.70. The van der Waals surface area contributed by atoms with Crippen LogP contribution in [0.15, 0.2) is 28.7 Å². The van der Waals surface area contributed by atoms with Crippen molar-refractivity contribution in [2.24, 2.45) is 5.92 Å². The molecule has 1 aliphatic heterocycles. The number of rotatable bonds is 5. The Kier molecular flexibility index (Phi) is 8.11. The summed E-state index contributed by atoms with van der Waals surface area (Å²) in [5.41, 5.74) is 1.42. The molecule has 1 aromatic rings. The third-order valence-electron chi connectivity index (χ3n) is 4.21. The van der Waals surface area contributed by atoms with Gasteiger partial charge in [-0.25, -0.2) is 0 Å². The Morgan fingerprint density at radius 2 is 2.05 bits per heavy atom. The molecule has 0 aliphatic carbocycles. The predicted octanol–water partition coefficient (Wildman–Crippen LogP) is 4.25. The van der Waals surface area contributed by atoms with Crippen molar-refractivity contribution in [3.63, 3.8) is 0 Å². The number of piperidine rings is 1. The first-order valence-corrected chi connectivity index (χ1v) is 8.20. The van der Waals surface area contributed by atoms with Crippen molar-refractivity contribution in [3.05, 3.63) is 34.3 Å². The van der Waals surface area contributed by atoms with Crippen LogP contribution in [0.2, 0.25) is 0 Å². The summed E-state index contributed by atoms with van der Waals surface area (Å²) >= 11 is 3.57. The normalized spacial score (nSPS) is 18.6. The third kappa shape index (κ3) is 5.03. The fourth-order valence-electron chi connectivity index (χ4n) is 2.87. The van der Waals surface area contributed by atoms with Crippen LogP contribution in [0.1, 0.15) is 38.3 Å². The molecule has 0 bridgehead atoms. The molecule has 2 nitrogen and oxygen atoms in total.